The summed E-state index contributed by atoms with van der Waals surface area (Å²) in [5.74, 6) is -0.346. The highest BCUT2D eigenvalue weighted by atomic mass is 19.1. The van der Waals surface area contributed by atoms with Gasteiger partial charge < -0.3 is 9.64 Å². The number of aromatic nitrogens is 3. The van der Waals surface area contributed by atoms with Crippen LogP contribution in [0.25, 0.3) is 11.3 Å². The molecule has 0 spiro atoms. The van der Waals surface area contributed by atoms with Crippen molar-refractivity contribution >= 4 is 11.7 Å². The number of rotatable bonds is 3. The maximum absolute atomic E-state index is 13.8. The van der Waals surface area contributed by atoms with E-state index in [0.717, 1.165) is 24.8 Å². The van der Waals surface area contributed by atoms with E-state index in [1.807, 2.05) is 6.08 Å². The highest BCUT2D eigenvalue weighted by Gasteiger charge is 2.26. The van der Waals surface area contributed by atoms with Gasteiger partial charge in [-0.15, -0.1) is 5.10 Å². The van der Waals surface area contributed by atoms with Crippen LogP contribution in [0.5, 0.6) is 0 Å². The van der Waals surface area contributed by atoms with Crippen molar-refractivity contribution in [2.24, 2.45) is 0 Å². The number of nitrogens with zero attached hydrogens (tertiary/aromatic N) is 4. The Hall–Kier alpha value is -2.70. The molecule has 2 aliphatic rings. The molecule has 1 fully saturated rings. The molecule has 0 radical (unpaired) electrons. The van der Waals surface area contributed by atoms with Gasteiger partial charge in [-0.2, -0.15) is 0 Å². The molecule has 1 aliphatic carbocycles. The van der Waals surface area contributed by atoms with Crippen LogP contribution in [0.15, 0.2) is 36.5 Å². The van der Waals surface area contributed by atoms with Crippen molar-refractivity contribution in [3.63, 3.8) is 0 Å². The maximum atomic E-state index is 13.8. The Bertz CT molecular complexity index is 813. The fourth-order valence-electron chi connectivity index (χ4n) is 2.94. The number of carbonyl (C=O) groups excluding carboxylic acids is 1. The predicted octanol–water partition coefficient (Wildman–Crippen LogP) is 3.18. The highest BCUT2D eigenvalue weighted by molar-refractivity contribution is 5.71. The third kappa shape index (κ3) is 3.26. The average molecular weight is 342 g/mol. The zero-order valence-electron chi connectivity index (χ0n) is 13.8. The molecule has 7 heteroatoms. The van der Waals surface area contributed by atoms with Crippen LogP contribution in [-0.4, -0.2) is 45.2 Å². The largest absolute Gasteiger partial charge is 0.446 e. The highest BCUT2D eigenvalue weighted by Crippen LogP contribution is 2.25. The lowest BCUT2D eigenvalue weighted by atomic mass is 9.96. The van der Waals surface area contributed by atoms with Crippen molar-refractivity contribution in [1.29, 1.82) is 0 Å². The number of ether oxygens (including phenoxy) is 1. The fraction of sp³-hybridized carbons (Fsp3) is 0.389. The first-order valence-corrected chi connectivity index (χ1v) is 8.53. The molecule has 2 heterocycles. The van der Waals surface area contributed by atoms with Gasteiger partial charge in [0.15, 0.2) is 0 Å². The van der Waals surface area contributed by atoms with Gasteiger partial charge in [0.05, 0.1) is 6.20 Å². The molecule has 0 N–H and O–H groups in total. The minimum Gasteiger partial charge on any atom is -0.446 e. The van der Waals surface area contributed by atoms with Gasteiger partial charge in [0.2, 0.25) is 0 Å². The van der Waals surface area contributed by atoms with E-state index >= 15 is 0 Å². The summed E-state index contributed by atoms with van der Waals surface area (Å²) in [5, 5.41) is 8.16. The topological polar surface area (TPSA) is 60.2 Å². The van der Waals surface area contributed by atoms with Crippen LogP contribution < -0.4 is 0 Å². The lowest BCUT2D eigenvalue weighted by molar-refractivity contribution is 0.0288. The van der Waals surface area contributed by atoms with Crippen molar-refractivity contribution in [1.82, 2.24) is 19.9 Å². The molecule has 6 nitrogen and oxygen atoms in total. The first-order chi connectivity index (χ1) is 12.2. The molecule has 25 heavy (non-hydrogen) atoms. The maximum Gasteiger partial charge on any atom is 0.410 e. The van der Waals surface area contributed by atoms with E-state index in [1.165, 1.54) is 10.7 Å². The van der Waals surface area contributed by atoms with Crippen LogP contribution in [0.1, 0.15) is 31.4 Å². The van der Waals surface area contributed by atoms with Crippen molar-refractivity contribution in [2.45, 2.75) is 31.8 Å². The van der Waals surface area contributed by atoms with E-state index in [9.17, 15) is 9.18 Å². The Labute approximate surface area is 144 Å². The van der Waals surface area contributed by atoms with Gasteiger partial charge in [0, 0.05) is 13.1 Å². The third-order valence-corrected chi connectivity index (χ3v) is 4.71. The molecule has 0 unspecified atom stereocenters. The average Bonchev–Trinajstić information content (AvgIpc) is 3.08. The van der Waals surface area contributed by atoms with Crippen LogP contribution in [0.4, 0.5) is 9.18 Å². The van der Waals surface area contributed by atoms with Gasteiger partial charge in [0.25, 0.3) is 0 Å². The van der Waals surface area contributed by atoms with Crippen molar-refractivity contribution in [2.75, 3.05) is 13.1 Å². The Morgan fingerprint density at radius 2 is 2.12 bits per heavy atom. The van der Waals surface area contributed by atoms with Crippen molar-refractivity contribution < 1.29 is 13.9 Å². The molecule has 2 aromatic rings. The number of hydrogen-bond donors (Lipinski definition) is 0. The lowest BCUT2D eigenvalue weighted by Gasteiger charge is -2.30. The summed E-state index contributed by atoms with van der Waals surface area (Å²) < 4.78 is 20.7. The second kappa shape index (κ2) is 6.66. The Morgan fingerprint density at radius 1 is 1.28 bits per heavy atom. The first-order valence-electron chi connectivity index (χ1n) is 8.53. The molecular formula is C18H19FN4O2. The molecule has 0 bridgehead atoms. The normalized spacial score (nSPS) is 17.8. The molecule has 1 aromatic heterocycles. The van der Waals surface area contributed by atoms with E-state index in [1.54, 1.807) is 29.3 Å². The third-order valence-electron chi connectivity index (χ3n) is 4.71. The van der Waals surface area contributed by atoms with Crippen molar-refractivity contribution in [3.8, 4) is 5.69 Å². The number of halogens is 1. The SMILES string of the molecule is O=C(OC1CCC1)N1CC=C(c2cn(-c3ccccc3F)nn2)CC1. The monoisotopic (exact) mass is 342 g/mol. The molecule has 1 saturated carbocycles. The summed E-state index contributed by atoms with van der Waals surface area (Å²) in [6.45, 7) is 1.08. The van der Waals surface area contributed by atoms with E-state index < -0.39 is 0 Å². The Kier molecular flexibility index (Phi) is 4.21. The summed E-state index contributed by atoms with van der Waals surface area (Å²) in [5.41, 5.74) is 2.08. The number of benzene rings is 1. The second-order valence-corrected chi connectivity index (χ2v) is 6.36. The molecule has 4 rings (SSSR count). The quantitative estimate of drug-likeness (QED) is 0.859. The molecule has 1 amide bonds. The lowest BCUT2D eigenvalue weighted by Crippen LogP contribution is -2.38. The molecule has 1 aliphatic heterocycles. The van der Waals surface area contributed by atoms with E-state index in [4.69, 9.17) is 4.74 Å². The predicted molar refractivity (Wildman–Crippen MR) is 89.6 cm³/mol. The van der Waals surface area contributed by atoms with Gasteiger partial charge in [-0.25, -0.2) is 13.9 Å². The Balaban J connectivity index is 1.43. The van der Waals surface area contributed by atoms with Crippen LogP contribution in [0.2, 0.25) is 0 Å². The smallest absolute Gasteiger partial charge is 0.410 e. The number of para-hydroxylation sites is 1. The van der Waals surface area contributed by atoms with Gasteiger partial charge in [-0.3, -0.25) is 0 Å². The van der Waals surface area contributed by atoms with E-state index in [0.29, 0.717) is 30.9 Å². The zero-order valence-corrected chi connectivity index (χ0v) is 13.8. The van der Waals surface area contributed by atoms with E-state index in [2.05, 4.69) is 10.3 Å². The minimum absolute atomic E-state index is 0.0959. The fourth-order valence-corrected chi connectivity index (χ4v) is 2.94. The standard InChI is InChI=1S/C18H19FN4O2/c19-15-6-1-2-7-17(15)23-12-16(20-21-23)13-8-10-22(11-9-13)18(24)25-14-4-3-5-14/h1-2,6-8,12,14H,3-5,9-11H2. The molecule has 0 atom stereocenters. The van der Waals surface area contributed by atoms with Gasteiger partial charge >= 0.3 is 6.09 Å². The van der Waals surface area contributed by atoms with Crippen LogP contribution in [0.3, 0.4) is 0 Å². The van der Waals surface area contributed by atoms with Gasteiger partial charge in [0.1, 0.15) is 23.3 Å². The molecule has 1 aromatic carbocycles. The number of amides is 1. The Morgan fingerprint density at radius 3 is 2.80 bits per heavy atom. The number of hydrogen-bond acceptors (Lipinski definition) is 4. The first kappa shape index (κ1) is 15.8. The van der Waals surface area contributed by atoms with Gasteiger partial charge in [-0.05, 0) is 43.4 Å². The zero-order chi connectivity index (χ0) is 17.2. The molecule has 130 valence electrons. The second-order valence-electron chi connectivity index (χ2n) is 6.36. The summed E-state index contributed by atoms with van der Waals surface area (Å²) in [6.07, 6.45) is 7.29. The molecule has 0 saturated heterocycles. The summed E-state index contributed by atoms with van der Waals surface area (Å²) >= 11 is 0. The van der Waals surface area contributed by atoms with Crippen LogP contribution in [0, 0.1) is 5.82 Å². The minimum atomic E-state index is -0.346. The summed E-state index contributed by atoms with van der Waals surface area (Å²) in [6, 6.07) is 6.44. The van der Waals surface area contributed by atoms with Crippen LogP contribution >= 0.6 is 0 Å². The van der Waals surface area contributed by atoms with E-state index in [-0.39, 0.29) is 18.0 Å². The van der Waals surface area contributed by atoms with Crippen LogP contribution in [-0.2, 0) is 4.74 Å². The number of carbonyl (C=O) groups is 1. The van der Waals surface area contributed by atoms with Gasteiger partial charge in [-0.1, -0.05) is 23.4 Å². The summed E-state index contributed by atoms with van der Waals surface area (Å²) in [7, 11) is 0. The van der Waals surface area contributed by atoms with Crippen molar-refractivity contribution in [3.05, 3.63) is 48.0 Å². The summed E-state index contributed by atoms with van der Waals surface area (Å²) in [4.78, 5) is 13.8. The molecular weight excluding hydrogens is 323 g/mol.